The molecule has 14 heteroatoms. The van der Waals surface area contributed by atoms with E-state index in [1.54, 1.807) is 66.7 Å². The summed E-state index contributed by atoms with van der Waals surface area (Å²) in [6.07, 6.45) is -3.27. The van der Waals surface area contributed by atoms with Crippen LogP contribution in [0.5, 0.6) is 17.2 Å². The fourth-order valence-corrected chi connectivity index (χ4v) is 5.16. The number of halogens is 4. The summed E-state index contributed by atoms with van der Waals surface area (Å²) < 4.78 is 56.3. The van der Waals surface area contributed by atoms with E-state index in [2.05, 4.69) is 16.0 Å². The van der Waals surface area contributed by atoms with Crippen LogP contribution < -0.4 is 30.2 Å². The van der Waals surface area contributed by atoms with Gasteiger partial charge in [-0.15, -0.1) is 11.8 Å². The van der Waals surface area contributed by atoms with Crippen molar-refractivity contribution in [1.29, 1.82) is 0 Å². The second kappa shape index (κ2) is 16.1. The molecule has 0 radical (unpaired) electrons. The number of rotatable bonds is 12. The van der Waals surface area contributed by atoms with Crippen LogP contribution in [0.3, 0.4) is 0 Å². The van der Waals surface area contributed by atoms with Gasteiger partial charge in [-0.05, 0) is 66.7 Å². The summed E-state index contributed by atoms with van der Waals surface area (Å²) in [5.74, 6) is -0.895. The Morgan fingerprint density at radius 3 is 2.08 bits per heavy atom. The lowest BCUT2D eigenvalue weighted by Crippen LogP contribution is -2.30. The quantitative estimate of drug-likeness (QED) is 0.104. The lowest BCUT2D eigenvalue weighted by Gasteiger charge is -2.15. The van der Waals surface area contributed by atoms with E-state index < -0.39 is 35.1 Å². The van der Waals surface area contributed by atoms with Crippen molar-refractivity contribution in [2.24, 2.45) is 0 Å². The van der Waals surface area contributed by atoms with Gasteiger partial charge in [-0.2, -0.15) is 13.2 Å². The molecule has 0 spiro atoms. The van der Waals surface area contributed by atoms with Crippen molar-refractivity contribution in [3.8, 4) is 17.2 Å². The van der Waals surface area contributed by atoms with Crippen molar-refractivity contribution in [2.75, 3.05) is 37.7 Å². The van der Waals surface area contributed by atoms with Gasteiger partial charge in [0.25, 0.3) is 11.8 Å². The second-order valence-electron chi connectivity index (χ2n) is 9.83. The van der Waals surface area contributed by atoms with Crippen LogP contribution in [0.25, 0.3) is 6.08 Å². The average molecular weight is 700 g/mol. The summed E-state index contributed by atoms with van der Waals surface area (Å²) >= 11 is 6.78. The number of amides is 3. The number of alkyl halides is 3. The number of anilines is 2. The number of methoxy groups -OCH3 is 3. The molecule has 4 aromatic carbocycles. The molecule has 0 saturated heterocycles. The number of benzene rings is 4. The van der Waals surface area contributed by atoms with E-state index in [0.29, 0.717) is 39.0 Å². The molecule has 0 unspecified atom stereocenters. The number of carbonyl (C=O) groups is 3. The van der Waals surface area contributed by atoms with E-state index in [-0.39, 0.29) is 16.5 Å². The zero-order chi connectivity index (χ0) is 34.8. The zero-order valence-corrected chi connectivity index (χ0v) is 27.3. The minimum absolute atomic E-state index is 0.107. The maximum absolute atomic E-state index is 13.5. The van der Waals surface area contributed by atoms with Crippen LogP contribution in [0.2, 0.25) is 5.02 Å². The van der Waals surface area contributed by atoms with Crippen LogP contribution in [-0.4, -0.2) is 44.8 Å². The maximum Gasteiger partial charge on any atom is 0.418 e. The van der Waals surface area contributed by atoms with Gasteiger partial charge in [-0.3, -0.25) is 14.4 Å². The minimum atomic E-state index is -4.70. The zero-order valence-electron chi connectivity index (χ0n) is 25.7. The summed E-state index contributed by atoms with van der Waals surface area (Å²) in [4.78, 5) is 39.6. The predicted octanol–water partition coefficient (Wildman–Crippen LogP) is 7.53. The van der Waals surface area contributed by atoms with Gasteiger partial charge in [0, 0.05) is 32.8 Å². The molecule has 3 N–H and O–H groups in total. The van der Waals surface area contributed by atoms with Gasteiger partial charge in [0.05, 0.1) is 38.3 Å². The van der Waals surface area contributed by atoms with Crippen molar-refractivity contribution >= 4 is 58.5 Å². The van der Waals surface area contributed by atoms with E-state index in [0.717, 1.165) is 23.9 Å². The summed E-state index contributed by atoms with van der Waals surface area (Å²) in [5.41, 5.74) is -0.448. The third kappa shape index (κ3) is 9.46. The number of ether oxygens (including phenoxy) is 3. The molecular weight excluding hydrogens is 671 g/mol. The largest absolute Gasteiger partial charge is 0.496 e. The molecule has 0 aliphatic rings. The molecule has 0 aromatic heterocycles. The van der Waals surface area contributed by atoms with Gasteiger partial charge in [0.2, 0.25) is 5.91 Å². The molecule has 250 valence electrons. The summed E-state index contributed by atoms with van der Waals surface area (Å²) in [7, 11) is 4.38. The summed E-state index contributed by atoms with van der Waals surface area (Å²) in [6.45, 7) is 0. The van der Waals surface area contributed by atoms with Crippen LogP contribution >= 0.6 is 23.4 Å². The van der Waals surface area contributed by atoms with Crippen LogP contribution in [0.1, 0.15) is 21.5 Å². The van der Waals surface area contributed by atoms with Crippen LogP contribution in [0, 0.1) is 0 Å². The van der Waals surface area contributed by atoms with Gasteiger partial charge < -0.3 is 30.2 Å². The predicted molar refractivity (Wildman–Crippen MR) is 179 cm³/mol. The third-order valence-electron chi connectivity index (χ3n) is 6.61. The van der Waals surface area contributed by atoms with Crippen molar-refractivity contribution in [2.45, 2.75) is 11.1 Å². The van der Waals surface area contributed by atoms with E-state index in [9.17, 15) is 27.6 Å². The Morgan fingerprint density at radius 1 is 0.812 bits per heavy atom. The van der Waals surface area contributed by atoms with Gasteiger partial charge in [0.15, 0.2) is 11.5 Å². The molecule has 9 nitrogen and oxygen atoms in total. The van der Waals surface area contributed by atoms with Crippen LogP contribution in [0.15, 0.2) is 95.5 Å². The van der Waals surface area contributed by atoms with Crippen LogP contribution in [0.4, 0.5) is 24.5 Å². The number of carbonyl (C=O) groups excluding carboxylic acids is 3. The summed E-state index contributed by atoms with van der Waals surface area (Å²) in [5, 5.41) is 7.55. The third-order valence-corrected chi connectivity index (χ3v) is 7.85. The van der Waals surface area contributed by atoms with Crippen molar-refractivity contribution in [3.05, 3.63) is 112 Å². The fraction of sp³-hybridized carbons (Fsp3) is 0.147. The van der Waals surface area contributed by atoms with Gasteiger partial charge in [-0.25, -0.2) is 0 Å². The highest BCUT2D eigenvalue weighted by molar-refractivity contribution is 8.00. The van der Waals surface area contributed by atoms with E-state index in [1.807, 2.05) is 0 Å². The molecule has 4 rings (SSSR count). The Bertz CT molecular complexity index is 1820. The second-order valence-corrected chi connectivity index (χ2v) is 11.3. The Balaban J connectivity index is 1.49. The Labute approximate surface area is 283 Å². The standard InChI is InChI=1S/C34H29ClF3N3O6S/c1-45-28-18-30(47-3)29(46-2)16-21(28)15-27(41-32(43)20-7-5-4-6-8-20)33(44)39-23-10-12-24(13-11-23)48-19-31(42)40-26-14-9-22(35)17-25(26)34(36,37)38/h4-18H,19H2,1-3H3,(H,39,44)(H,40,42)(H,41,43)/b27-15-. The van der Waals surface area contributed by atoms with Gasteiger partial charge in [0.1, 0.15) is 11.4 Å². The molecule has 0 aliphatic heterocycles. The first-order chi connectivity index (χ1) is 22.9. The van der Waals surface area contributed by atoms with E-state index >= 15 is 0 Å². The Hall–Kier alpha value is -5.14. The molecule has 48 heavy (non-hydrogen) atoms. The molecule has 4 aromatic rings. The molecule has 0 bridgehead atoms. The molecule has 0 aliphatic carbocycles. The lowest BCUT2D eigenvalue weighted by molar-refractivity contribution is -0.137. The fourth-order valence-electron chi connectivity index (χ4n) is 4.29. The highest BCUT2D eigenvalue weighted by atomic mass is 35.5. The SMILES string of the molecule is COc1cc(OC)c(OC)cc1/C=C(\NC(=O)c1ccccc1)C(=O)Nc1ccc(SCC(=O)Nc2ccc(Cl)cc2C(F)(F)F)cc1. The first-order valence-electron chi connectivity index (χ1n) is 14.0. The first-order valence-corrected chi connectivity index (χ1v) is 15.4. The Morgan fingerprint density at radius 2 is 1.46 bits per heavy atom. The Kier molecular flexibility index (Phi) is 12.0. The van der Waals surface area contributed by atoms with Crippen molar-refractivity contribution < 1.29 is 41.8 Å². The highest BCUT2D eigenvalue weighted by Crippen LogP contribution is 2.37. The maximum atomic E-state index is 13.5. The lowest BCUT2D eigenvalue weighted by atomic mass is 10.1. The molecule has 0 saturated carbocycles. The van der Waals surface area contributed by atoms with Crippen LogP contribution in [-0.2, 0) is 15.8 Å². The van der Waals surface area contributed by atoms with Crippen molar-refractivity contribution in [3.63, 3.8) is 0 Å². The summed E-state index contributed by atoms with van der Waals surface area (Å²) in [6, 6.07) is 21.0. The van der Waals surface area contributed by atoms with E-state index in [1.165, 1.54) is 33.5 Å². The molecule has 0 heterocycles. The van der Waals surface area contributed by atoms with Gasteiger partial charge in [-0.1, -0.05) is 29.8 Å². The first kappa shape index (κ1) is 35.7. The average Bonchev–Trinajstić information content (AvgIpc) is 3.08. The molecule has 3 amide bonds. The van der Waals surface area contributed by atoms with Gasteiger partial charge >= 0.3 is 6.18 Å². The molecule has 0 fully saturated rings. The number of thioether (sulfide) groups is 1. The smallest absolute Gasteiger partial charge is 0.418 e. The minimum Gasteiger partial charge on any atom is -0.496 e. The van der Waals surface area contributed by atoms with E-state index in [4.69, 9.17) is 25.8 Å². The highest BCUT2D eigenvalue weighted by Gasteiger charge is 2.34. The molecular formula is C34H29ClF3N3O6S. The number of nitrogens with one attached hydrogen (secondary N) is 3. The number of hydrogen-bond donors (Lipinski definition) is 3. The normalized spacial score (nSPS) is 11.4. The molecule has 0 atom stereocenters. The number of hydrogen-bond acceptors (Lipinski definition) is 7. The topological polar surface area (TPSA) is 115 Å². The monoisotopic (exact) mass is 699 g/mol. The van der Waals surface area contributed by atoms with Crippen molar-refractivity contribution in [1.82, 2.24) is 5.32 Å².